The SMILES string of the molecule is O=C1CCC(NC(=O)c2ccc(CO)cn2)C(=O)N1. The van der Waals surface area contributed by atoms with Crippen LogP contribution in [0.25, 0.3) is 0 Å². The number of carbonyl (C=O) groups excluding carboxylic acids is 3. The second-order valence-electron chi connectivity index (χ2n) is 4.19. The first-order chi connectivity index (χ1) is 9.10. The molecule has 0 aliphatic carbocycles. The van der Waals surface area contributed by atoms with Gasteiger partial charge in [-0.25, -0.2) is 0 Å². The highest BCUT2D eigenvalue weighted by Crippen LogP contribution is 2.06. The van der Waals surface area contributed by atoms with Gasteiger partial charge >= 0.3 is 0 Å². The highest BCUT2D eigenvalue weighted by Gasteiger charge is 2.28. The van der Waals surface area contributed by atoms with Crippen LogP contribution in [0.1, 0.15) is 28.9 Å². The van der Waals surface area contributed by atoms with E-state index in [0.29, 0.717) is 5.56 Å². The summed E-state index contributed by atoms with van der Waals surface area (Å²) >= 11 is 0. The minimum Gasteiger partial charge on any atom is -0.392 e. The summed E-state index contributed by atoms with van der Waals surface area (Å²) in [5.74, 6) is -1.32. The zero-order valence-corrected chi connectivity index (χ0v) is 10.0. The van der Waals surface area contributed by atoms with E-state index in [1.165, 1.54) is 12.3 Å². The molecule has 1 aliphatic heterocycles. The summed E-state index contributed by atoms with van der Waals surface area (Å²) in [6, 6.07) is 2.32. The molecule has 0 spiro atoms. The van der Waals surface area contributed by atoms with Gasteiger partial charge in [0, 0.05) is 12.6 Å². The molecule has 0 saturated carbocycles. The Labute approximate surface area is 109 Å². The van der Waals surface area contributed by atoms with Crippen LogP contribution in [0.3, 0.4) is 0 Å². The van der Waals surface area contributed by atoms with Gasteiger partial charge in [0.2, 0.25) is 11.8 Å². The molecule has 1 saturated heterocycles. The Kier molecular flexibility index (Phi) is 3.86. The number of hydrogen-bond acceptors (Lipinski definition) is 5. The van der Waals surface area contributed by atoms with Crippen molar-refractivity contribution in [3.05, 3.63) is 29.6 Å². The molecule has 2 rings (SSSR count). The predicted molar refractivity (Wildman–Crippen MR) is 63.8 cm³/mol. The number of pyridine rings is 1. The molecule has 0 bridgehead atoms. The number of aliphatic hydroxyl groups is 1. The van der Waals surface area contributed by atoms with Crippen molar-refractivity contribution in [1.29, 1.82) is 0 Å². The molecular weight excluding hydrogens is 250 g/mol. The molecule has 1 aromatic heterocycles. The Morgan fingerprint density at radius 3 is 2.84 bits per heavy atom. The molecule has 7 heteroatoms. The van der Waals surface area contributed by atoms with Crippen molar-refractivity contribution in [3.8, 4) is 0 Å². The van der Waals surface area contributed by atoms with E-state index in [1.807, 2.05) is 0 Å². The van der Waals surface area contributed by atoms with Crippen LogP contribution in [0.5, 0.6) is 0 Å². The maximum atomic E-state index is 11.8. The summed E-state index contributed by atoms with van der Waals surface area (Å²) in [5, 5.41) is 13.5. The van der Waals surface area contributed by atoms with Gasteiger partial charge in [-0.05, 0) is 18.1 Å². The van der Waals surface area contributed by atoms with Crippen LogP contribution in [0.15, 0.2) is 18.3 Å². The molecule has 0 aromatic carbocycles. The van der Waals surface area contributed by atoms with Crippen molar-refractivity contribution >= 4 is 17.7 Å². The second-order valence-corrected chi connectivity index (χ2v) is 4.19. The maximum absolute atomic E-state index is 11.8. The van der Waals surface area contributed by atoms with Crippen LogP contribution < -0.4 is 10.6 Å². The van der Waals surface area contributed by atoms with Gasteiger partial charge in [0.15, 0.2) is 0 Å². The first kappa shape index (κ1) is 13.2. The standard InChI is InChI=1S/C12H13N3O4/c16-6-7-1-2-8(13-5-7)11(18)14-9-3-4-10(17)15-12(9)19/h1-2,5,9,16H,3-4,6H2,(H,14,18)(H,15,17,19). The molecule has 100 valence electrons. The van der Waals surface area contributed by atoms with E-state index in [1.54, 1.807) is 6.07 Å². The number of imide groups is 1. The lowest BCUT2D eigenvalue weighted by atomic mass is 10.1. The van der Waals surface area contributed by atoms with E-state index in [9.17, 15) is 14.4 Å². The maximum Gasteiger partial charge on any atom is 0.270 e. The molecular formula is C12H13N3O4. The number of rotatable bonds is 3. The summed E-state index contributed by atoms with van der Waals surface area (Å²) in [7, 11) is 0. The lowest BCUT2D eigenvalue weighted by Gasteiger charge is -2.21. The molecule has 2 heterocycles. The number of nitrogens with zero attached hydrogens (tertiary/aromatic N) is 1. The number of piperidine rings is 1. The molecule has 3 N–H and O–H groups in total. The van der Waals surface area contributed by atoms with Crippen molar-refractivity contribution in [2.45, 2.75) is 25.5 Å². The van der Waals surface area contributed by atoms with Gasteiger partial charge < -0.3 is 10.4 Å². The lowest BCUT2D eigenvalue weighted by Crippen LogP contribution is -2.52. The Bertz CT molecular complexity index is 512. The fourth-order valence-corrected chi connectivity index (χ4v) is 1.72. The van der Waals surface area contributed by atoms with Gasteiger partial charge in [0.05, 0.1) is 6.61 Å². The highest BCUT2D eigenvalue weighted by molar-refractivity contribution is 6.03. The molecule has 3 amide bonds. The molecule has 1 aliphatic rings. The van der Waals surface area contributed by atoms with E-state index in [2.05, 4.69) is 15.6 Å². The lowest BCUT2D eigenvalue weighted by molar-refractivity contribution is -0.134. The van der Waals surface area contributed by atoms with Crippen LogP contribution in [0, 0.1) is 0 Å². The van der Waals surface area contributed by atoms with Crippen molar-refractivity contribution in [1.82, 2.24) is 15.6 Å². The third-order valence-corrected chi connectivity index (χ3v) is 2.78. The average molecular weight is 263 g/mol. The van der Waals surface area contributed by atoms with Crippen molar-refractivity contribution in [2.75, 3.05) is 0 Å². The average Bonchev–Trinajstić information content (AvgIpc) is 2.42. The van der Waals surface area contributed by atoms with E-state index < -0.39 is 17.9 Å². The number of aromatic nitrogens is 1. The Hall–Kier alpha value is -2.28. The highest BCUT2D eigenvalue weighted by atomic mass is 16.3. The van der Waals surface area contributed by atoms with E-state index in [4.69, 9.17) is 5.11 Å². The zero-order chi connectivity index (χ0) is 13.8. The number of amides is 3. The Balaban J connectivity index is 2.00. The minimum absolute atomic E-state index is 0.151. The summed E-state index contributed by atoms with van der Waals surface area (Å²) in [6.45, 7) is -0.151. The van der Waals surface area contributed by atoms with Crippen molar-refractivity contribution < 1.29 is 19.5 Å². The second kappa shape index (κ2) is 5.57. The predicted octanol–water partition coefficient (Wildman–Crippen LogP) is -0.891. The van der Waals surface area contributed by atoms with Gasteiger partial charge in [-0.2, -0.15) is 0 Å². The largest absolute Gasteiger partial charge is 0.392 e. The minimum atomic E-state index is -0.718. The Morgan fingerprint density at radius 1 is 1.47 bits per heavy atom. The van der Waals surface area contributed by atoms with Crippen LogP contribution in [-0.2, 0) is 16.2 Å². The quantitative estimate of drug-likeness (QED) is 0.613. The fourth-order valence-electron chi connectivity index (χ4n) is 1.72. The summed E-state index contributed by atoms with van der Waals surface area (Å²) < 4.78 is 0. The summed E-state index contributed by atoms with van der Waals surface area (Å²) in [5.41, 5.74) is 0.749. The molecule has 1 fully saturated rings. The monoisotopic (exact) mass is 263 g/mol. The number of nitrogens with one attached hydrogen (secondary N) is 2. The number of aliphatic hydroxyl groups excluding tert-OH is 1. The molecule has 1 atom stereocenters. The smallest absolute Gasteiger partial charge is 0.270 e. The Morgan fingerprint density at radius 2 is 2.26 bits per heavy atom. The van der Waals surface area contributed by atoms with E-state index in [-0.39, 0.29) is 31.0 Å². The van der Waals surface area contributed by atoms with Crippen LogP contribution in [-0.4, -0.2) is 33.9 Å². The van der Waals surface area contributed by atoms with Gasteiger partial charge in [0.25, 0.3) is 5.91 Å². The summed E-state index contributed by atoms with van der Waals surface area (Å²) in [6.07, 6.45) is 1.87. The normalized spacial score (nSPS) is 18.9. The molecule has 1 unspecified atom stereocenters. The van der Waals surface area contributed by atoms with Gasteiger partial charge in [-0.15, -0.1) is 0 Å². The number of hydrogen-bond donors (Lipinski definition) is 3. The third-order valence-electron chi connectivity index (χ3n) is 2.78. The van der Waals surface area contributed by atoms with Gasteiger partial charge in [-0.3, -0.25) is 24.7 Å². The van der Waals surface area contributed by atoms with Crippen LogP contribution in [0.2, 0.25) is 0 Å². The molecule has 1 aromatic rings. The van der Waals surface area contributed by atoms with E-state index >= 15 is 0 Å². The molecule has 19 heavy (non-hydrogen) atoms. The fraction of sp³-hybridized carbons (Fsp3) is 0.333. The first-order valence-corrected chi connectivity index (χ1v) is 5.80. The van der Waals surface area contributed by atoms with Gasteiger partial charge in [-0.1, -0.05) is 6.07 Å². The summed E-state index contributed by atoms with van der Waals surface area (Å²) in [4.78, 5) is 38.2. The van der Waals surface area contributed by atoms with Crippen LogP contribution in [0.4, 0.5) is 0 Å². The van der Waals surface area contributed by atoms with Gasteiger partial charge in [0.1, 0.15) is 11.7 Å². The number of carbonyl (C=O) groups is 3. The topological polar surface area (TPSA) is 108 Å². The van der Waals surface area contributed by atoms with Crippen LogP contribution >= 0.6 is 0 Å². The van der Waals surface area contributed by atoms with E-state index in [0.717, 1.165) is 0 Å². The third kappa shape index (κ3) is 3.14. The molecule has 7 nitrogen and oxygen atoms in total. The van der Waals surface area contributed by atoms with Crippen molar-refractivity contribution in [2.24, 2.45) is 0 Å². The molecule has 0 radical (unpaired) electrons. The first-order valence-electron chi connectivity index (χ1n) is 5.80. The van der Waals surface area contributed by atoms with Crippen molar-refractivity contribution in [3.63, 3.8) is 0 Å². The zero-order valence-electron chi connectivity index (χ0n) is 10.0.